The van der Waals surface area contributed by atoms with Gasteiger partial charge in [0, 0.05) is 12.6 Å². The molecule has 0 radical (unpaired) electrons. The minimum absolute atomic E-state index is 0.0545. The van der Waals surface area contributed by atoms with E-state index in [2.05, 4.69) is 4.74 Å². The molecule has 5 nitrogen and oxygen atoms in total. The lowest BCUT2D eigenvalue weighted by atomic mass is 10.1. The van der Waals surface area contributed by atoms with Gasteiger partial charge in [0.2, 0.25) is 10.0 Å². The molecule has 1 aliphatic heterocycles. The molecule has 0 bridgehead atoms. The Morgan fingerprint density at radius 3 is 2.48 bits per heavy atom. The number of alkyl halides is 3. The number of halogens is 3. The van der Waals surface area contributed by atoms with E-state index in [-0.39, 0.29) is 13.2 Å². The highest BCUT2D eigenvalue weighted by Crippen LogP contribution is 2.33. The van der Waals surface area contributed by atoms with Crippen LogP contribution in [0.3, 0.4) is 0 Å². The van der Waals surface area contributed by atoms with Gasteiger partial charge in [-0.1, -0.05) is 6.42 Å². The summed E-state index contributed by atoms with van der Waals surface area (Å²) in [5.74, 6) is -1.16. The SMILES string of the molecule is CCOC(=O)C[C@@H](C(F)(F)F)S(=O)(=O)N1CCCC[C@H]1C. The number of carbonyl (C=O) groups excluding carboxylic acids is 1. The summed E-state index contributed by atoms with van der Waals surface area (Å²) in [4.78, 5) is 11.3. The average molecular weight is 331 g/mol. The number of sulfonamides is 1. The Bertz CT molecular complexity index is 464. The third-order valence-corrected chi connectivity index (χ3v) is 5.80. The number of carbonyl (C=O) groups is 1. The van der Waals surface area contributed by atoms with Crippen LogP contribution in [0.5, 0.6) is 0 Å². The molecule has 0 N–H and O–H groups in total. The van der Waals surface area contributed by atoms with Crippen LogP contribution >= 0.6 is 0 Å². The Balaban J connectivity index is 3.03. The maximum atomic E-state index is 13.1. The van der Waals surface area contributed by atoms with Gasteiger partial charge in [-0.2, -0.15) is 17.5 Å². The Morgan fingerprint density at radius 1 is 1.38 bits per heavy atom. The maximum Gasteiger partial charge on any atom is 0.407 e. The smallest absolute Gasteiger partial charge is 0.407 e. The number of esters is 1. The van der Waals surface area contributed by atoms with Crippen molar-refractivity contribution in [1.29, 1.82) is 0 Å². The standard InChI is InChI=1S/C12H20F3NO4S/c1-3-20-11(17)8-10(12(13,14)15)21(18,19)16-7-5-4-6-9(16)2/h9-10H,3-8H2,1-2H3/t9-,10+/m1/s1. The third-order valence-electron chi connectivity index (χ3n) is 3.45. The monoisotopic (exact) mass is 331 g/mol. The van der Waals surface area contributed by atoms with Crippen LogP contribution in [0.4, 0.5) is 13.2 Å². The Labute approximate surface area is 122 Å². The number of hydrogen-bond donors (Lipinski definition) is 0. The van der Waals surface area contributed by atoms with E-state index in [1.807, 2.05) is 0 Å². The summed E-state index contributed by atoms with van der Waals surface area (Å²) in [6.07, 6.45) is -4.40. The molecule has 0 aromatic heterocycles. The summed E-state index contributed by atoms with van der Waals surface area (Å²) in [5.41, 5.74) is 0. The van der Waals surface area contributed by atoms with Crippen molar-refractivity contribution in [2.75, 3.05) is 13.2 Å². The highest BCUT2D eigenvalue weighted by atomic mass is 32.2. The largest absolute Gasteiger partial charge is 0.466 e. The van der Waals surface area contributed by atoms with E-state index >= 15 is 0 Å². The van der Waals surface area contributed by atoms with Crippen LogP contribution in [0.25, 0.3) is 0 Å². The van der Waals surface area contributed by atoms with Gasteiger partial charge in [0.05, 0.1) is 13.0 Å². The molecule has 0 aromatic rings. The van der Waals surface area contributed by atoms with Crippen molar-refractivity contribution >= 4 is 16.0 Å². The summed E-state index contributed by atoms with van der Waals surface area (Å²) in [7, 11) is -4.64. The summed E-state index contributed by atoms with van der Waals surface area (Å²) in [6.45, 7) is 2.98. The van der Waals surface area contributed by atoms with Gasteiger partial charge in [-0.15, -0.1) is 0 Å². The fourth-order valence-corrected chi connectivity index (χ4v) is 4.38. The first-order valence-electron chi connectivity index (χ1n) is 6.83. The molecule has 124 valence electrons. The second-order valence-electron chi connectivity index (χ2n) is 5.04. The number of rotatable bonds is 5. The number of ether oxygens (including phenoxy) is 1. The molecule has 1 rings (SSSR count). The molecule has 21 heavy (non-hydrogen) atoms. The molecule has 0 amide bonds. The number of piperidine rings is 1. The fourth-order valence-electron chi connectivity index (χ4n) is 2.37. The van der Waals surface area contributed by atoms with Gasteiger partial charge in [-0.25, -0.2) is 8.42 Å². The minimum Gasteiger partial charge on any atom is -0.466 e. The van der Waals surface area contributed by atoms with Gasteiger partial charge in [0.15, 0.2) is 5.25 Å². The first-order chi connectivity index (χ1) is 9.60. The lowest BCUT2D eigenvalue weighted by Gasteiger charge is -2.35. The second-order valence-corrected chi connectivity index (χ2v) is 7.11. The predicted molar refractivity (Wildman–Crippen MR) is 70.0 cm³/mol. The first-order valence-corrected chi connectivity index (χ1v) is 8.34. The molecule has 1 fully saturated rings. The number of nitrogens with zero attached hydrogens (tertiary/aromatic N) is 1. The molecular weight excluding hydrogens is 311 g/mol. The molecule has 0 unspecified atom stereocenters. The molecule has 1 saturated heterocycles. The molecule has 0 spiro atoms. The molecule has 0 aliphatic carbocycles. The molecule has 0 aromatic carbocycles. The molecule has 9 heteroatoms. The highest BCUT2D eigenvalue weighted by molar-refractivity contribution is 7.89. The van der Waals surface area contributed by atoms with Crippen molar-refractivity contribution in [2.45, 2.75) is 57.0 Å². The van der Waals surface area contributed by atoms with Gasteiger partial charge < -0.3 is 4.74 Å². The van der Waals surface area contributed by atoms with Crippen LogP contribution < -0.4 is 0 Å². The molecule has 0 saturated carbocycles. The van der Waals surface area contributed by atoms with Gasteiger partial charge in [-0.3, -0.25) is 4.79 Å². The normalized spacial score (nSPS) is 22.8. The van der Waals surface area contributed by atoms with Crippen molar-refractivity contribution in [3.8, 4) is 0 Å². The van der Waals surface area contributed by atoms with Crippen molar-refractivity contribution < 1.29 is 31.1 Å². The Kier molecular flexibility index (Phi) is 6.03. The molecular formula is C12H20F3NO4S. The molecule has 1 heterocycles. The van der Waals surface area contributed by atoms with Gasteiger partial charge >= 0.3 is 12.1 Å². The van der Waals surface area contributed by atoms with E-state index in [1.165, 1.54) is 6.92 Å². The summed E-state index contributed by atoms with van der Waals surface area (Å²) < 4.78 is 69.1. The quantitative estimate of drug-likeness (QED) is 0.724. The lowest BCUT2D eigenvalue weighted by Crippen LogP contribution is -2.51. The van der Waals surface area contributed by atoms with Crippen molar-refractivity contribution in [3.05, 3.63) is 0 Å². The van der Waals surface area contributed by atoms with Crippen molar-refractivity contribution in [3.63, 3.8) is 0 Å². The Morgan fingerprint density at radius 2 is 2.00 bits per heavy atom. The van der Waals surface area contributed by atoms with Crippen LogP contribution in [0.15, 0.2) is 0 Å². The summed E-state index contributed by atoms with van der Waals surface area (Å²) >= 11 is 0. The lowest BCUT2D eigenvalue weighted by molar-refractivity contribution is -0.155. The zero-order valence-corrected chi connectivity index (χ0v) is 12.8. The molecule has 1 aliphatic rings. The van der Waals surface area contributed by atoms with Crippen LogP contribution in [0.2, 0.25) is 0 Å². The van der Waals surface area contributed by atoms with E-state index < -0.39 is 39.9 Å². The van der Waals surface area contributed by atoms with Crippen molar-refractivity contribution in [1.82, 2.24) is 4.31 Å². The summed E-state index contributed by atoms with van der Waals surface area (Å²) in [5, 5.41) is -2.75. The van der Waals surface area contributed by atoms with Crippen LogP contribution in [-0.4, -0.2) is 49.3 Å². The van der Waals surface area contributed by atoms with E-state index in [9.17, 15) is 26.4 Å². The number of hydrogen-bond acceptors (Lipinski definition) is 4. The van der Waals surface area contributed by atoms with E-state index in [0.717, 1.165) is 10.7 Å². The second kappa shape index (κ2) is 6.95. The fraction of sp³-hybridized carbons (Fsp3) is 0.917. The van der Waals surface area contributed by atoms with Gasteiger partial charge in [0.25, 0.3) is 0 Å². The maximum absolute atomic E-state index is 13.1. The van der Waals surface area contributed by atoms with E-state index in [1.54, 1.807) is 6.92 Å². The molecule has 2 atom stereocenters. The first kappa shape index (κ1) is 18.2. The minimum atomic E-state index is -5.01. The van der Waals surface area contributed by atoms with E-state index in [4.69, 9.17) is 0 Å². The highest BCUT2D eigenvalue weighted by Gasteiger charge is 2.53. The zero-order chi connectivity index (χ0) is 16.3. The van der Waals surface area contributed by atoms with Crippen LogP contribution in [0.1, 0.15) is 39.5 Å². The predicted octanol–water partition coefficient (Wildman–Crippen LogP) is 2.07. The zero-order valence-electron chi connectivity index (χ0n) is 12.0. The van der Waals surface area contributed by atoms with E-state index in [0.29, 0.717) is 12.8 Å². The van der Waals surface area contributed by atoms with Crippen LogP contribution in [-0.2, 0) is 19.6 Å². The van der Waals surface area contributed by atoms with Crippen LogP contribution in [0, 0.1) is 0 Å². The topological polar surface area (TPSA) is 63.7 Å². The summed E-state index contributed by atoms with van der Waals surface area (Å²) in [6, 6.07) is -0.490. The van der Waals surface area contributed by atoms with Crippen molar-refractivity contribution in [2.24, 2.45) is 0 Å². The van der Waals surface area contributed by atoms with Gasteiger partial charge in [-0.05, 0) is 26.7 Å². The van der Waals surface area contributed by atoms with Gasteiger partial charge in [0.1, 0.15) is 0 Å². The average Bonchev–Trinajstić information content (AvgIpc) is 2.35. The third kappa shape index (κ3) is 4.57. The Hall–Kier alpha value is -0.830.